The number of nitrogens with one attached hydrogen (secondary N) is 1. The highest BCUT2D eigenvalue weighted by atomic mass is 19.1. The molecule has 2 aliphatic heterocycles. The Morgan fingerprint density at radius 2 is 1.94 bits per heavy atom. The molecular formula is C22H31F2N3O4. The Morgan fingerprint density at radius 1 is 1.19 bits per heavy atom. The molecule has 0 radical (unpaired) electrons. The van der Waals surface area contributed by atoms with Gasteiger partial charge >= 0.3 is 6.09 Å². The molecule has 1 aromatic carbocycles. The predicted molar refractivity (Wildman–Crippen MR) is 112 cm³/mol. The van der Waals surface area contributed by atoms with E-state index in [9.17, 15) is 13.6 Å². The van der Waals surface area contributed by atoms with E-state index in [1.54, 1.807) is 9.80 Å². The van der Waals surface area contributed by atoms with Crippen LogP contribution in [0.15, 0.2) is 23.9 Å². The molecule has 0 spiro atoms. The summed E-state index contributed by atoms with van der Waals surface area (Å²) >= 11 is 0. The number of anilines is 1. The summed E-state index contributed by atoms with van der Waals surface area (Å²) in [6.45, 7) is 5.87. The zero-order chi connectivity index (χ0) is 22.4. The van der Waals surface area contributed by atoms with Crippen LogP contribution in [0, 0.1) is 11.6 Å². The minimum Gasteiger partial charge on any atom is -0.447 e. The van der Waals surface area contributed by atoms with Crippen molar-refractivity contribution in [3.8, 4) is 0 Å². The number of amides is 1. The third-order valence-corrected chi connectivity index (χ3v) is 5.36. The van der Waals surface area contributed by atoms with Gasteiger partial charge in [0.2, 0.25) is 0 Å². The van der Waals surface area contributed by atoms with E-state index in [2.05, 4.69) is 5.48 Å². The number of halogens is 2. The molecule has 0 unspecified atom stereocenters. The standard InChI is InChI=1S/C22H31F2N3O4/c1-15(2)30-22(28)27-10-6-18(7-11-27)31-25-17-4-8-26(9-5-17)21-13-19(23)16(14-29-3)12-20(21)24/h4,12-13,15,18,25H,5-11,14H2,1-3H3. The SMILES string of the molecule is COCc1cc(F)c(N2CC=C(NOC3CCN(C(=O)OC(C)C)CC3)CC2)cc1F. The fraction of sp³-hybridized carbons (Fsp3) is 0.591. The van der Waals surface area contributed by atoms with Gasteiger partial charge in [-0.25, -0.2) is 13.6 Å². The Hall–Kier alpha value is -2.39. The van der Waals surface area contributed by atoms with Crippen LogP contribution in [0.4, 0.5) is 19.3 Å². The first-order chi connectivity index (χ1) is 14.9. The van der Waals surface area contributed by atoms with Crippen LogP contribution < -0.4 is 10.4 Å². The Labute approximate surface area is 181 Å². The molecular weight excluding hydrogens is 408 g/mol. The lowest BCUT2D eigenvalue weighted by atomic mass is 10.1. The fourth-order valence-electron chi connectivity index (χ4n) is 3.66. The number of rotatable bonds is 7. The average Bonchev–Trinajstić information content (AvgIpc) is 2.75. The number of benzene rings is 1. The van der Waals surface area contributed by atoms with E-state index in [0.717, 1.165) is 18.5 Å². The first-order valence-electron chi connectivity index (χ1n) is 10.7. The molecule has 0 atom stereocenters. The summed E-state index contributed by atoms with van der Waals surface area (Å²) in [5.41, 5.74) is 4.37. The zero-order valence-corrected chi connectivity index (χ0v) is 18.3. The lowest BCUT2D eigenvalue weighted by Gasteiger charge is -2.33. The number of likely N-dealkylation sites (tertiary alicyclic amines) is 1. The smallest absolute Gasteiger partial charge is 0.410 e. The van der Waals surface area contributed by atoms with Crippen molar-refractivity contribution in [3.05, 3.63) is 41.1 Å². The van der Waals surface area contributed by atoms with E-state index in [1.165, 1.54) is 19.2 Å². The van der Waals surface area contributed by atoms with Gasteiger partial charge in [0.25, 0.3) is 0 Å². The molecule has 0 aliphatic carbocycles. The van der Waals surface area contributed by atoms with Crippen LogP contribution in [0.25, 0.3) is 0 Å². The molecule has 172 valence electrons. The molecule has 0 aromatic heterocycles. The number of hydrogen-bond acceptors (Lipinski definition) is 6. The Kier molecular flexibility index (Phi) is 8.09. The normalized spacial score (nSPS) is 17.7. The third-order valence-electron chi connectivity index (χ3n) is 5.36. The van der Waals surface area contributed by atoms with Gasteiger partial charge in [-0.15, -0.1) is 0 Å². The highest BCUT2D eigenvalue weighted by Crippen LogP contribution is 2.26. The molecule has 2 aliphatic rings. The van der Waals surface area contributed by atoms with Gasteiger partial charge in [-0.3, -0.25) is 10.3 Å². The zero-order valence-electron chi connectivity index (χ0n) is 18.3. The molecule has 0 bridgehead atoms. The van der Waals surface area contributed by atoms with Crippen molar-refractivity contribution >= 4 is 11.8 Å². The van der Waals surface area contributed by atoms with E-state index in [1.807, 2.05) is 19.9 Å². The maximum atomic E-state index is 14.4. The summed E-state index contributed by atoms with van der Waals surface area (Å²) in [7, 11) is 1.45. The van der Waals surface area contributed by atoms with Crippen LogP contribution in [0.1, 0.15) is 38.7 Å². The number of hydrogen-bond donors (Lipinski definition) is 1. The second kappa shape index (κ2) is 10.8. The number of hydroxylamine groups is 1. The molecule has 3 rings (SSSR count). The van der Waals surface area contributed by atoms with Crippen molar-refractivity contribution in [2.75, 3.05) is 38.2 Å². The Morgan fingerprint density at radius 3 is 2.55 bits per heavy atom. The van der Waals surface area contributed by atoms with E-state index in [0.29, 0.717) is 32.6 Å². The molecule has 31 heavy (non-hydrogen) atoms. The van der Waals surface area contributed by atoms with Crippen LogP contribution in [-0.2, 0) is 20.9 Å². The number of piperidine rings is 1. The van der Waals surface area contributed by atoms with Crippen LogP contribution in [0.2, 0.25) is 0 Å². The van der Waals surface area contributed by atoms with Crippen LogP contribution >= 0.6 is 0 Å². The van der Waals surface area contributed by atoms with Crippen molar-refractivity contribution in [3.63, 3.8) is 0 Å². The van der Waals surface area contributed by atoms with E-state index in [4.69, 9.17) is 14.3 Å². The fourth-order valence-corrected chi connectivity index (χ4v) is 3.66. The maximum absolute atomic E-state index is 14.4. The number of ether oxygens (including phenoxy) is 2. The van der Waals surface area contributed by atoms with E-state index >= 15 is 0 Å². The van der Waals surface area contributed by atoms with Gasteiger partial charge in [0.05, 0.1) is 24.5 Å². The largest absolute Gasteiger partial charge is 0.447 e. The molecule has 1 fully saturated rings. The van der Waals surface area contributed by atoms with Crippen molar-refractivity contribution < 1.29 is 27.9 Å². The number of carbonyl (C=O) groups is 1. The van der Waals surface area contributed by atoms with Gasteiger partial charge in [-0.05, 0) is 38.8 Å². The predicted octanol–water partition coefficient (Wildman–Crippen LogP) is 3.74. The Bertz CT molecular complexity index is 795. The topological polar surface area (TPSA) is 63.3 Å². The second-order valence-corrected chi connectivity index (χ2v) is 8.09. The molecule has 1 saturated heterocycles. The van der Waals surface area contributed by atoms with Gasteiger partial charge in [-0.1, -0.05) is 0 Å². The lowest BCUT2D eigenvalue weighted by molar-refractivity contribution is -0.0415. The Balaban J connectivity index is 1.46. The number of nitrogens with zero attached hydrogens (tertiary/aromatic N) is 2. The second-order valence-electron chi connectivity index (χ2n) is 8.09. The lowest BCUT2D eigenvalue weighted by Crippen LogP contribution is -2.43. The number of carbonyl (C=O) groups excluding carboxylic acids is 1. The van der Waals surface area contributed by atoms with Crippen molar-refractivity contribution in [1.29, 1.82) is 0 Å². The summed E-state index contributed by atoms with van der Waals surface area (Å²) in [6, 6.07) is 2.42. The number of methoxy groups -OCH3 is 1. The summed E-state index contributed by atoms with van der Waals surface area (Å²) in [6.07, 6.45) is 3.57. The minimum absolute atomic E-state index is 0.00176. The highest BCUT2D eigenvalue weighted by Gasteiger charge is 2.25. The third kappa shape index (κ3) is 6.30. The molecule has 1 N–H and O–H groups in total. The molecule has 1 amide bonds. The summed E-state index contributed by atoms with van der Waals surface area (Å²) in [5, 5.41) is 0. The molecule has 7 nitrogen and oxygen atoms in total. The van der Waals surface area contributed by atoms with Gasteiger partial charge < -0.3 is 19.3 Å². The summed E-state index contributed by atoms with van der Waals surface area (Å²) in [5.74, 6) is -0.935. The quantitative estimate of drug-likeness (QED) is 0.653. The van der Waals surface area contributed by atoms with Gasteiger partial charge in [0.15, 0.2) is 0 Å². The summed E-state index contributed by atoms with van der Waals surface area (Å²) in [4.78, 5) is 21.2. The molecule has 0 saturated carbocycles. The van der Waals surface area contributed by atoms with Crippen molar-refractivity contribution in [1.82, 2.24) is 10.4 Å². The van der Waals surface area contributed by atoms with Gasteiger partial charge in [0, 0.05) is 57.0 Å². The minimum atomic E-state index is -0.474. The first-order valence-corrected chi connectivity index (χ1v) is 10.7. The molecule has 2 heterocycles. The van der Waals surface area contributed by atoms with E-state index < -0.39 is 11.6 Å². The first kappa shape index (κ1) is 23.3. The van der Waals surface area contributed by atoms with Crippen LogP contribution in [0.3, 0.4) is 0 Å². The monoisotopic (exact) mass is 439 g/mol. The molecule has 1 aromatic rings. The van der Waals surface area contributed by atoms with Crippen molar-refractivity contribution in [2.24, 2.45) is 0 Å². The molecule has 9 heteroatoms. The van der Waals surface area contributed by atoms with Crippen LogP contribution in [-0.4, -0.2) is 56.5 Å². The van der Waals surface area contributed by atoms with Gasteiger partial charge in [-0.2, -0.15) is 0 Å². The van der Waals surface area contributed by atoms with Crippen LogP contribution in [0.5, 0.6) is 0 Å². The average molecular weight is 440 g/mol. The maximum Gasteiger partial charge on any atom is 0.410 e. The summed E-state index contributed by atoms with van der Waals surface area (Å²) < 4.78 is 38.7. The highest BCUT2D eigenvalue weighted by molar-refractivity contribution is 5.67. The van der Waals surface area contributed by atoms with E-state index in [-0.39, 0.29) is 36.2 Å². The van der Waals surface area contributed by atoms with Gasteiger partial charge in [0.1, 0.15) is 11.6 Å². The van der Waals surface area contributed by atoms with Crippen molar-refractivity contribution in [2.45, 2.75) is 51.9 Å².